The minimum Gasteiger partial charge on any atom is -0.507 e. The first-order valence-electron chi connectivity index (χ1n) is 27.3. The van der Waals surface area contributed by atoms with Crippen molar-refractivity contribution in [1.82, 2.24) is 4.98 Å². The first-order valence-corrected chi connectivity index (χ1v) is 27.3. The molecule has 1 aliphatic heterocycles. The van der Waals surface area contributed by atoms with Crippen molar-refractivity contribution in [3.63, 3.8) is 0 Å². The lowest BCUT2D eigenvalue weighted by Gasteiger charge is -2.28. The molecule has 1 aromatic heterocycles. The zero-order valence-corrected chi connectivity index (χ0v) is 48.0. The van der Waals surface area contributed by atoms with E-state index in [1.165, 1.54) is 11.1 Å². The number of nitrogens with zero attached hydrogens (tertiary/aromatic N) is 1. The largest absolute Gasteiger partial charge is 0.507 e. The van der Waals surface area contributed by atoms with E-state index in [2.05, 4.69) is 170 Å². The second-order valence-electron chi connectivity index (χ2n) is 26.3. The van der Waals surface area contributed by atoms with E-state index in [4.69, 9.17) is 23.7 Å². The van der Waals surface area contributed by atoms with E-state index >= 15 is 0 Å². The van der Waals surface area contributed by atoms with Gasteiger partial charge < -0.3 is 33.9 Å². The van der Waals surface area contributed by atoms with E-state index < -0.39 is 0 Å². The van der Waals surface area contributed by atoms with Crippen molar-refractivity contribution in [2.75, 3.05) is 39.6 Å². The van der Waals surface area contributed by atoms with Crippen LogP contribution in [0.2, 0.25) is 0 Å². The molecular weight excluding hydrogens is 931 g/mol. The molecule has 1 aliphatic carbocycles. The van der Waals surface area contributed by atoms with Crippen molar-refractivity contribution in [2.45, 2.75) is 170 Å². The summed E-state index contributed by atoms with van der Waals surface area (Å²) in [6.45, 7) is 36.2. The monoisotopic (exact) mass is 1020 g/mol. The van der Waals surface area contributed by atoms with Crippen LogP contribution in [0.1, 0.15) is 193 Å². The molecule has 8 nitrogen and oxygen atoms in total. The molecule has 5 aromatic carbocycles. The van der Waals surface area contributed by atoms with Crippen molar-refractivity contribution in [3.05, 3.63) is 174 Å². The number of ether oxygens (including phenoxy) is 5. The fourth-order valence-corrected chi connectivity index (χ4v) is 10.2. The Bertz CT molecular complexity index is 2830. The molecule has 400 valence electrons. The molecule has 2 aliphatic rings. The average Bonchev–Trinajstić information content (AvgIpc) is 3.31. The number of benzene rings is 5. The smallest absolute Gasteiger partial charge is 0.130 e. The normalized spacial score (nSPS) is 15.3. The third kappa shape index (κ3) is 13.2. The van der Waals surface area contributed by atoms with Gasteiger partial charge in [-0.1, -0.05) is 171 Å². The summed E-state index contributed by atoms with van der Waals surface area (Å²) in [5, 5.41) is 25.9. The first-order chi connectivity index (χ1) is 35.1. The second kappa shape index (κ2) is 21.7. The molecule has 2 heterocycles. The van der Waals surface area contributed by atoms with Gasteiger partial charge in [0.1, 0.15) is 48.6 Å². The highest BCUT2D eigenvalue weighted by Crippen LogP contribution is 2.45. The highest BCUT2D eigenvalue weighted by Gasteiger charge is 2.30. The Labute approximate surface area is 449 Å². The van der Waals surface area contributed by atoms with Gasteiger partial charge in [-0.3, -0.25) is 4.98 Å². The Morgan fingerprint density at radius 1 is 0.400 bits per heavy atom. The van der Waals surface area contributed by atoms with E-state index in [-0.39, 0.29) is 45.2 Å². The molecule has 8 rings (SSSR count). The number of rotatable bonds is 3. The fourth-order valence-electron chi connectivity index (χ4n) is 10.2. The molecule has 0 radical (unpaired) electrons. The number of aromatic hydroxyl groups is 2. The Morgan fingerprint density at radius 3 is 1.01 bits per heavy atom. The van der Waals surface area contributed by atoms with E-state index in [0.717, 1.165) is 95.3 Å². The maximum atomic E-state index is 12.9. The summed E-state index contributed by atoms with van der Waals surface area (Å²) < 4.78 is 33.2. The Morgan fingerprint density at radius 2 is 0.693 bits per heavy atom. The third-order valence-corrected chi connectivity index (χ3v) is 14.9. The van der Waals surface area contributed by atoms with Crippen molar-refractivity contribution in [3.8, 4) is 28.7 Å². The van der Waals surface area contributed by atoms with Gasteiger partial charge in [-0.2, -0.15) is 0 Å². The van der Waals surface area contributed by atoms with Crippen LogP contribution in [0.5, 0.6) is 28.7 Å². The summed E-state index contributed by atoms with van der Waals surface area (Å²) in [6.07, 6.45) is 3.98. The van der Waals surface area contributed by atoms with Gasteiger partial charge in [0.25, 0.3) is 0 Å². The van der Waals surface area contributed by atoms with E-state index in [1.54, 1.807) is 6.20 Å². The van der Waals surface area contributed by atoms with Gasteiger partial charge in [-0.15, -0.1) is 0 Å². The Hall–Kier alpha value is -5.83. The van der Waals surface area contributed by atoms with E-state index in [1.807, 2.05) is 18.2 Å². The molecular formula is C67H85NO7. The van der Waals surface area contributed by atoms with Crippen molar-refractivity contribution >= 4 is 0 Å². The van der Waals surface area contributed by atoms with Crippen LogP contribution in [-0.4, -0.2) is 54.8 Å². The number of hydrogen-bond donors (Lipinski definition) is 2. The molecule has 6 aromatic rings. The summed E-state index contributed by atoms with van der Waals surface area (Å²) >= 11 is 0. The molecule has 75 heavy (non-hydrogen) atoms. The van der Waals surface area contributed by atoms with Gasteiger partial charge in [0.15, 0.2) is 0 Å². The predicted molar refractivity (Wildman–Crippen MR) is 304 cm³/mol. The lowest BCUT2D eigenvalue weighted by atomic mass is 9.79. The first kappa shape index (κ1) is 55.4. The SMILES string of the molecule is CC(C)(C)c1cc2c(O)c(c1)Cc1cc(C(C)(C)C)cc3c1OCCOCCOCCOc1c(cc(C(C)(C)C)cc1C3)Cc1cc(C(C)(C)C)cc(c1O)Cc1cc(C(C)(C)C)cc(c1OCc1ccccn1)C2. The molecule has 0 atom stereocenters. The van der Waals surface area contributed by atoms with Crippen LogP contribution in [0, 0.1) is 0 Å². The van der Waals surface area contributed by atoms with Crippen molar-refractivity contribution in [1.29, 1.82) is 0 Å². The van der Waals surface area contributed by atoms with Crippen LogP contribution in [0.25, 0.3) is 0 Å². The van der Waals surface area contributed by atoms with Crippen LogP contribution in [-0.2, 0) is 75.3 Å². The minimum absolute atomic E-state index is 0.220. The lowest BCUT2D eigenvalue weighted by Crippen LogP contribution is -2.17. The van der Waals surface area contributed by atoms with Gasteiger partial charge in [-0.25, -0.2) is 0 Å². The number of phenols is 2. The number of aromatic nitrogens is 1. The summed E-state index contributed by atoms with van der Waals surface area (Å²) in [5.41, 5.74) is 14.6. The van der Waals surface area contributed by atoms with Crippen LogP contribution >= 0.6 is 0 Å². The Kier molecular flexibility index (Phi) is 16.0. The molecule has 8 heteroatoms. The second-order valence-corrected chi connectivity index (χ2v) is 26.3. The molecule has 0 fully saturated rings. The summed E-state index contributed by atoms with van der Waals surface area (Å²) in [5.74, 6) is 2.81. The highest BCUT2D eigenvalue weighted by atomic mass is 16.6. The number of fused-ring (bicyclic) bond motifs is 6. The van der Waals surface area contributed by atoms with Gasteiger partial charge in [0.05, 0.1) is 32.1 Å². The summed E-state index contributed by atoms with van der Waals surface area (Å²) in [7, 11) is 0. The van der Waals surface area contributed by atoms with E-state index in [9.17, 15) is 10.2 Å². The molecule has 0 saturated carbocycles. The standard InChI is InChI=1S/C67H85NO7/c1-63(2,3)52-31-42-26-46-35-54(65(7,8)9)39-50-30-51-40-55(66(10,11)12)36-47(61(51)74-25-23-72-21-20-71-22-24-73-60(46)50)27-43-32-53(64(4,5)6)34-45(59(43)70)29-49-38-56(67(13,14)15)37-48(28-44(33-52)58(42)69)62(49)75-41-57-18-16-17-19-68-57/h16-19,31-40,69-70H,20-30,41H2,1-15H3. The van der Waals surface area contributed by atoms with Gasteiger partial charge in [-0.05, 0) is 123 Å². The van der Waals surface area contributed by atoms with E-state index in [0.29, 0.717) is 71.7 Å². The maximum Gasteiger partial charge on any atom is 0.130 e. The summed E-state index contributed by atoms with van der Waals surface area (Å²) in [4.78, 5) is 4.66. The van der Waals surface area contributed by atoms with Crippen LogP contribution in [0.4, 0.5) is 0 Å². The molecule has 0 saturated heterocycles. The predicted octanol–water partition coefficient (Wildman–Crippen LogP) is 14.6. The quantitative estimate of drug-likeness (QED) is 0.181. The average molecular weight is 1020 g/mol. The number of phenolic OH excluding ortho intramolecular Hbond substituents is 2. The van der Waals surface area contributed by atoms with Crippen molar-refractivity contribution in [2.24, 2.45) is 0 Å². The van der Waals surface area contributed by atoms with Crippen LogP contribution < -0.4 is 14.2 Å². The van der Waals surface area contributed by atoms with Crippen LogP contribution in [0.15, 0.2) is 85.1 Å². The molecule has 0 unspecified atom stereocenters. The molecule has 2 N–H and O–H groups in total. The topological polar surface area (TPSA) is 99.5 Å². The lowest BCUT2D eigenvalue weighted by molar-refractivity contribution is 0.0273. The van der Waals surface area contributed by atoms with Gasteiger partial charge >= 0.3 is 0 Å². The molecule has 12 bridgehead atoms. The van der Waals surface area contributed by atoms with Gasteiger partial charge in [0, 0.05) is 38.3 Å². The third-order valence-electron chi connectivity index (χ3n) is 14.9. The minimum atomic E-state index is -0.246. The maximum absolute atomic E-state index is 12.9. The van der Waals surface area contributed by atoms with Gasteiger partial charge in [0.2, 0.25) is 0 Å². The number of hydrogen-bond acceptors (Lipinski definition) is 8. The zero-order chi connectivity index (χ0) is 54.3. The zero-order valence-electron chi connectivity index (χ0n) is 48.0. The molecule has 0 spiro atoms. The van der Waals surface area contributed by atoms with Crippen molar-refractivity contribution < 1.29 is 33.9 Å². The highest BCUT2D eigenvalue weighted by molar-refractivity contribution is 5.60. The molecule has 0 amide bonds. The number of pyridine rings is 1. The Balaban J connectivity index is 1.51. The van der Waals surface area contributed by atoms with Crippen LogP contribution in [0.3, 0.4) is 0 Å². The fraction of sp³-hybridized carbons (Fsp3) is 0.478. The summed E-state index contributed by atoms with van der Waals surface area (Å²) in [6, 6.07) is 28.4.